The van der Waals surface area contributed by atoms with Gasteiger partial charge in [0.05, 0.1) is 41.3 Å². The lowest BCUT2D eigenvalue weighted by atomic mass is 10.1. The Morgan fingerprint density at radius 3 is 2.50 bits per heavy atom. The Morgan fingerprint density at radius 1 is 1.23 bits per heavy atom. The molecule has 0 bridgehead atoms. The molecule has 116 valence electrons. The molecule has 0 aliphatic rings. The van der Waals surface area contributed by atoms with Gasteiger partial charge in [-0.2, -0.15) is 0 Å². The molecule has 6 nitrogen and oxygen atoms in total. The number of rotatable bonds is 3. The fraction of sp³-hybridized carbons (Fsp3) is 0.143. The van der Waals surface area contributed by atoms with Crippen LogP contribution in [-0.2, 0) is 4.74 Å². The number of nitrogen functional groups attached to an aromatic ring is 2. The van der Waals surface area contributed by atoms with Gasteiger partial charge in [0.1, 0.15) is 0 Å². The molecule has 8 heteroatoms. The maximum atomic E-state index is 11.7. The Kier molecular flexibility index (Phi) is 4.63. The van der Waals surface area contributed by atoms with Crippen LogP contribution in [0.3, 0.4) is 0 Å². The van der Waals surface area contributed by atoms with Crippen LogP contribution >= 0.6 is 23.2 Å². The Bertz CT molecular complexity index is 751. The lowest BCUT2D eigenvalue weighted by Gasteiger charge is -2.13. The smallest absolute Gasteiger partial charge is 0.358 e. The predicted molar refractivity (Wildman–Crippen MR) is 86.4 cm³/mol. The Morgan fingerprint density at radius 2 is 1.91 bits per heavy atom. The van der Waals surface area contributed by atoms with E-state index in [-0.39, 0.29) is 22.1 Å². The van der Waals surface area contributed by atoms with Crippen LogP contribution in [0.4, 0.5) is 11.4 Å². The van der Waals surface area contributed by atoms with Crippen molar-refractivity contribution in [2.24, 2.45) is 0 Å². The molecular formula is C14H13Cl2N3O3. The lowest BCUT2D eigenvalue weighted by Crippen LogP contribution is -2.08. The summed E-state index contributed by atoms with van der Waals surface area (Å²) in [5.74, 6) is -0.382. The van der Waals surface area contributed by atoms with E-state index < -0.39 is 5.97 Å². The number of carbonyl (C=O) groups is 1. The van der Waals surface area contributed by atoms with Gasteiger partial charge < -0.3 is 20.9 Å². The number of benzene rings is 1. The van der Waals surface area contributed by atoms with E-state index in [4.69, 9.17) is 39.4 Å². The molecule has 0 radical (unpaired) electrons. The highest BCUT2D eigenvalue weighted by Gasteiger charge is 2.20. The molecule has 2 rings (SSSR count). The minimum Gasteiger partial charge on any atom is -0.493 e. The van der Waals surface area contributed by atoms with E-state index in [9.17, 15) is 4.79 Å². The van der Waals surface area contributed by atoms with Gasteiger partial charge in [-0.1, -0.05) is 23.2 Å². The van der Waals surface area contributed by atoms with E-state index in [0.717, 1.165) is 0 Å². The molecule has 0 spiro atoms. The maximum Gasteiger partial charge on any atom is 0.358 e. The second-order valence-electron chi connectivity index (χ2n) is 4.29. The van der Waals surface area contributed by atoms with Gasteiger partial charge in [0.25, 0.3) is 0 Å². The number of esters is 1. The van der Waals surface area contributed by atoms with Crippen molar-refractivity contribution in [3.8, 4) is 17.0 Å². The second kappa shape index (κ2) is 6.29. The van der Waals surface area contributed by atoms with E-state index in [1.54, 1.807) is 12.1 Å². The first-order chi connectivity index (χ1) is 10.4. The van der Waals surface area contributed by atoms with Crippen molar-refractivity contribution in [3.05, 3.63) is 33.9 Å². The van der Waals surface area contributed by atoms with Crippen molar-refractivity contribution in [3.63, 3.8) is 0 Å². The van der Waals surface area contributed by atoms with Crippen LogP contribution in [0.5, 0.6) is 5.75 Å². The number of nitrogens with two attached hydrogens (primary N) is 2. The fourth-order valence-corrected chi connectivity index (χ4v) is 2.34. The van der Waals surface area contributed by atoms with Crippen molar-refractivity contribution >= 4 is 40.5 Å². The molecule has 0 amide bonds. The van der Waals surface area contributed by atoms with Crippen molar-refractivity contribution in [1.82, 2.24) is 4.98 Å². The molecule has 0 atom stereocenters. The number of aromatic nitrogens is 1. The number of anilines is 2. The third kappa shape index (κ3) is 2.75. The average molecular weight is 342 g/mol. The third-order valence-corrected chi connectivity index (χ3v) is 3.69. The van der Waals surface area contributed by atoms with Crippen LogP contribution < -0.4 is 16.2 Å². The summed E-state index contributed by atoms with van der Waals surface area (Å²) < 4.78 is 9.80. The molecule has 1 aromatic carbocycles. The van der Waals surface area contributed by atoms with Gasteiger partial charge in [0.15, 0.2) is 11.4 Å². The minimum absolute atomic E-state index is 0.0232. The number of methoxy groups -OCH3 is 2. The molecule has 0 saturated heterocycles. The highest BCUT2D eigenvalue weighted by atomic mass is 35.5. The Balaban J connectivity index is 2.69. The predicted octanol–water partition coefficient (Wildman–Crippen LogP) is 3.01. The average Bonchev–Trinajstić information content (AvgIpc) is 2.50. The molecule has 0 aliphatic heterocycles. The van der Waals surface area contributed by atoms with Crippen molar-refractivity contribution in [2.75, 3.05) is 25.7 Å². The first-order valence-electron chi connectivity index (χ1n) is 6.07. The van der Waals surface area contributed by atoms with E-state index in [0.29, 0.717) is 22.0 Å². The summed E-state index contributed by atoms with van der Waals surface area (Å²) in [7, 11) is 2.67. The van der Waals surface area contributed by atoms with E-state index >= 15 is 0 Å². The summed E-state index contributed by atoms with van der Waals surface area (Å²) in [4.78, 5) is 15.9. The standard InChI is InChI=1S/C14H13Cl2N3O3/c1-21-13-7(15)4-3-6(11(13)18)9-5-8(17)10(16)12(19-9)14(20)22-2/h3-5H,18H2,1-2H3,(H2,17,19). The molecule has 0 fully saturated rings. The van der Waals surface area contributed by atoms with Gasteiger partial charge in [-0.25, -0.2) is 9.78 Å². The summed E-state index contributed by atoms with van der Waals surface area (Å²) in [6, 6.07) is 4.76. The summed E-state index contributed by atoms with van der Waals surface area (Å²) in [6.07, 6.45) is 0. The Labute approximate surface area is 136 Å². The highest BCUT2D eigenvalue weighted by Crippen LogP contribution is 2.39. The zero-order chi connectivity index (χ0) is 16.4. The summed E-state index contributed by atoms with van der Waals surface area (Å²) >= 11 is 12.0. The lowest BCUT2D eigenvalue weighted by molar-refractivity contribution is 0.0594. The first kappa shape index (κ1) is 16.2. The highest BCUT2D eigenvalue weighted by molar-refractivity contribution is 6.36. The molecule has 0 aliphatic carbocycles. The van der Waals surface area contributed by atoms with Gasteiger partial charge in [-0.15, -0.1) is 0 Å². The topological polar surface area (TPSA) is 100 Å². The van der Waals surface area contributed by atoms with Gasteiger partial charge in [-0.3, -0.25) is 0 Å². The number of pyridine rings is 1. The van der Waals surface area contributed by atoms with Crippen LogP contribution in [0.1, 0.15) is 10.5 Å². The summed E-state index contributed by atoms with van der Waals surface area (Å²) in [6.45, 7) is 0. The number of halogens is 2. The molecule has 2 aromatic rings. The molecule has 0 saturated carbocycles. The number of hydrogen-bond acceptors (Lipinski definition) is 6. The summed E-state index contributed by atoms with van der Waals surface area (Å²) in [5.41, 5.74) is 13.1. The molecular weight excluding hydrogens is 329 g/mol. The number of hydrogen-bond donors (Lipinski definition) is 2. The number of ether oxygens (including phenoxy) is 2. The van der Waals surface area contributed by atoms with E-state index in [1.807, 2.05) is 0 Å². The minimum atomic E-state index is -0.696. The quantitative estimate of drug-likeness (QED) is 0.657. The summed E-state index contributed by atoms with van der Waals surface area (Å²) in [5, 5.41) is 0.383. The van der Waals surface area contributed by atoms with E-state index in [2.05, 4.69) is 9.72 Å². The van der Waals surface area contributed by atoms with Crippen LogP contribution in [-0.4, -0.2) is 25.2 Å². The van der Waals surface area contributed by atoms with Crippen LogP contribution in [0, 0.1) is 0 Å². The zero-order valence-electron chi connectivity index (χ0n) is 11.8. The van der Waals surface area contributed by atoms with E-state index in [1.165, 1.54) is 20.3 Å². The SMILES string of the molecule is COC(=O)c1nc(-c2ccc(Cl)c(OC)c2N)cc(N)c1Cl. The van der Waals surface area contributed by atoms with Crippen molar-refractivity contribution < 1.29 is 14.3 Å². The number of carbonyl (C=O) groups excluding carboxylic acids is 1. The van der Waals surface area contributed by atoms with Gasteiger partial charge >= 0.3 is 5.97 Å². The maximum absolute atomic E-state index is 11.7. The second-order valence-corrected chi connectivity index (χ2v) is 5.08. The van der Waals surface area contributed by atoms with Crippen LogP contribution in [0.2, 0.25) is 10.0 Å². The first-order valence-corrected chi connectivity index (χ1v) is 6.83. The third-order valence-electron chi connectivity index (χ3n) is 2.99. The van der Waals surface area contributed by atoms with Crippen molar-refractivity contribution in [1.29, 1.82) is 0 Å². The molecule has 1 heterocycles. The van der Waals surface area contributed by atoms with Crippen molar-refractivity contribution in [2.45, 2.75) is 0 Å². The largest absolute Gasteiger partial charge is 0.493 e. The molecule has 22 heavy (non-hydrogen) atoms. The fourth-order valence-electron chi connectivity index (χ4n) is 1.92. The molecule has 4 N–H and O–H groups in total. The number of nitrogens with zero attached hydrogens (tertiary/aromatic N) is 1. The molecule has 0 unspecified atom stereocenters. The van der Waals surface area contributed by atoms with Gasteiger partial charge in [0, 0.05) is 5.56 Å². The Hall–Kier alpha value is -2.18. The monoisotopic (exact) mass is 341 g/mol. The van der Waals surface area contributed by atoms with Crippen LogP contribution in [0.15, 0.2) is 18.2 Å². The zero-order valence-corrected chi connectivity index (χ0v) is 13.3. The molecule has 1 aromatic heterocycles. The van der Waals surface area contributed by atoms with Gasteiger partial charge in [-0.05, 0) is 18.2 Å². The van der Waals surface area contributed by atoms with Gasteiger partial charge in [0.2, 0.25) is 0 Å². The van der Waals surface area contributed by atoms with Crippen LogP contribution in [0.25, 0.3) is 11.3 Å². The normalized spacial score (nSPS) is 10.4.